The predicted octanol–water partition coefficient (Wildman–Crippen LogP) is -1.86. The standard InChI is InChI=1S/C7H8O7.Na.H/c1-12-5(7(11)14-4-9)2-6(10)13-3-8;;/h3-5H,2H2,1H3;;. The van der Waals surface area contributed by atoms with Crippen molar-refractivity contribution in [2.75, 3.05) is 7.11 Å². The van der Waals surface area contributed by atoms with E-state index in [9.17, 15) is 19.2 Å². The molecule has 0 rings (SSSR count). The zero-order valence-corrected chi connectivity index (χ0v) is 7.30. The molecule has 0 N–H and O–H groups in total. The van der Waals surface area contributed by atoms with Gasteiger partial charge in [-0.2, -0.15) is 0 Å². The van der Waals surface area contributed by atoms with E-state index in [-0.39, 0.29) is 42.5 Å². The number of carbonyl (C=O) groups excluding carboxylic acids is 4. The number of hydrogen-bond acceptors (Lipinski definition) is 7. The van der Waals surface area contributed by atoms with Crippen LogP contribution in [0.25, 0.3) is 0 Å². The third-order valence-electron chi connectivity index (χ3n) is 1.24. The molecule has 7 nitrogen and oxygen atoms in total. The maximum atomic E-state index is 10.8. The summed E-state index contributed by atoms with van der Waals surface area (Å²) in [6.07, 6.45) is -1.75. The van der Waals surface area contributed by atoms with Crippen molar-refractivity contribution in [2.45, 2.75) is 12.5 Å². The van der Waals surface area contributed by atoms with E-state index in [1.54, 1.807) is 0 Å². The molecule has 1 atom stereocenters. The van der Waals surface area contributed by atoms with Crippen molar-refractivity contribution < 1.29 is 33.4 Å². The first-order valence-electron chi connectivity index (χ1n) is 3.45. The maximum absolute atomic E-state index is 10.8. The van der Waals surface area contributed by atoms with E-state index in [0.717, 1.165) is 7.11 Å². The van der Waals surface area contributed by atoms with Crippen LogP contribution in [0, 0.1) is 0 Å². The monoisotopic (exact) mass is 228 g/mol. The van der Waals surface area contributed by atoms with Gasteiger partial charge in [0.15, 0.2) is 6.10 Å². The van der Waals surface area contributed by atoms with Crippen molar-refractivity contribution in [1.82, 2.24) is 0 Å². The van der Waals surface area contributed by atoms with E-state index in [1.165, 1.54) is 0 Å². The molecule has 0 fully saturated rings. The molecule has 0 amide bonds. The van der Waals surface area contributed by atoms with Crippen LogP contribution in [0.1, 0.15) is 6.42 Å². The molecule has 0 aliphatic heterocycles. The number of ether oxygens (including phenoxy) is 3. The number of esters is 2. The normalized spacial score (nSPS) is 10.5. The summed E-state index contributed by atoms with van der Waals surface area (Å²) in [5, 5.41) is 0. The first-order chi connectivity index (χ1) is 6.65. The van der Waals surface area contributed by atoms with Crippen LogP contribution in [0.2, 0.25) is 0 Å². The molecule has 8 heteroatoms. The Labute approximate surface area is 107 Å². The van der Waals surface area contributed by atoms with Crippen molar-refractivity contribution in [2.24, 2.45) is 0 Å². The summed E-state index contributed by atoms with van der Waals surface area (Å²) in [5.41, 5.74) is 0. The number of hydrogen-bond donors (Lipinski definition) is 0. The van der Waals surface area contributed by atoms with Gasteiger partial charge in [0, 0.05) is 7.11 Å². The molecule has 0 aliphatic rings. The number of methoxy groups -OCH3 is 1. The van der Waals surface area contributed by atoms with Gasteiger partial charge in [-0.05, 0) is 0 Å². The molecule has 15 heavy (non-hydrogen) atoms. The first-order valence-corrected chi connectivity index (χ1v) is 3.45. The molecule has 0 radical (unpaired) electrons. The van der Waals surface area contributed by atoms with E-state index < -0.39 is 24.5 Å². The van der Waals surface area contributed by atoms with E-state index in [4.69, 9.17) is 0 Å². The van der Waals surface area contributed by atoms with Crippen molar-refractivity contribution in [1.29, 1.82) is 0 Å². The van der Waals surface area contributed by atoms with Crippen molar-refractivity contribution in [3.8, 4) is 0 Å². The zero-order chi connectivity index (χ0) is 11.0. The molecule has 1 unspecified atom stereocenters. The summed E-state index contributed by atoms with van der Waals surface area (Å²) in [5.74, 6) is -1.97. The van der Waals surface area contributed by atoms with Gasteiger partial charge in [-0.25, -0.2) is 4.79 Å². The number of carbonyl (C=O) groups is 4. The molecule has 0 spiro atoms. The average Bonchev–Trinajstić information content (AvgIpc) is 2.15. The van der Waals surface area contributed by atoms with Crippen LogP contribution in [0.3, 0.4) is 0 Å². The summed E-state index contributed by atoms with van der Waals surface area (Å²) in [7, 11) is 1.14. The molecular formula is C7H9NaO7. The van der Waals surface area contributed by atoms with Gasteiger partial charge in [-0.15, -0.1) is 0 Å². The van der Waals surface area contributed by atoms with E-state index in [1.807, 2.05) is 0 Å². The molecule has 0 heterocycles. The van der Waals surface area contributed by atoms with E-state index in [2.05, 4.69) is 14.2 Å². The third kappa shape index (κ3) is 7.20. The minimum absolute atomic E-state index is 0. The Hall–Kier alpha value is -0.760. The average molecular weight is 228 g/mol. The van der Waals surface area contributed by atoms with Crippen LogP contribution in [0.15, 0.2) is 0 Å². The minimum atomic E-state index is -1.26. The molecule has 80 valence electrons. The Balaban J connectivity index is 0. The Bertz CT molecular complexity index is 239. The third-order valence-corrected chi connectivity index (χ3v) is 1.24. The SMILES string of the molecule is COC(CC(=O)OC=O)C(=O)OC=O.[NaH]. The van der Waals surface area contributed by atoms with Crippen molar-refractivity contribution in [3.05, 3.63) is 0 Å². The summed E-state index contributed by atoms with van der Waals surface area (Å²) >= 11 is 0. The fourth-order valence-electron chi connectivity index (χ4n) is 0.639. The Morgan fingerprint density at radius 1 is 1.20 bits per heavy atom. The summed E-state index contributed by atoms with van der Waals surface area (Å²) in [6, 6.07) is 0. The quantitative estimate of drug-likeness (QED) is 0.227. The molecule has 0 aromatic rings. The molecular weight excluding hydrogens is 219 g/mol. The number of rotatable bonds is 6. The first kappa shape index (κ1) is 16.7. The molecule has 0 saturated carbocycles. The van der Waals surface area contributed by atoms with Crippen LogP contribution < -0.4 is 0 Å². The summed E-state index contributed by atoms with van der Waals surface area (Å²) in [4.78, 5) is 41.0. The zero-order valence-electron chi connectivity index (χ0n) is 7.30. The van der Waals surface area contributed by atoms with Gasteiger partial charge in [-0.1, -0.05) is 0 Å². The molecule has 0 aliphatic carbocycles. The fraction of sp³-hybridized carbons (Fsp3) is 0.429. The van der Waals surface area contributed by atoms with Crippen LogP contribution in [-0.2, 0) is 33.4 Å². The van der Waals surface area contributed by atoms with Gasteiger partial charge < -0.3 is 14.2 Å². The summed E-state index contributed by atoms with van der Waals surface area (Å²) < 4.78 is 12.4. The summed E-state index contributed by atoms with van der Waals surface area (Å²) in [6.45, 7) is -0.153. The topological polar surface area (TPSA) is 96.0 Å². The van der Waals surface area contributed by atoms with Gasteiger partial charge in [-0.3, -0.25) is 14.4 Å². The van der Waals surface area contributed by atoms with Crippen molar-refractivity contribution >= 4 is 54.4 Å². The Morgan fingerprint density at radius 3 is 2.13 bits per heavy atom. The Kier molecular flexibility index (Phi) is 10.9. The van der Waals surface area contributed by atoms with Gasteiger partial charge >= 0.3 is 54.4 Å². The molecule has 0 bridgehead atoms. The van der Waals surface area contributed by atoms with Crippen LogP contribution in [0.4, 0.5) is 0 Å². The van der Waals surface area contributed by atoms with Crippen LogP contribution in [0.5, 0.6) is 0 Å². The van der Waals surface area contributed by atoms with Crippen LogP contribution in [-0.4, -0.2) is 67.7 Å². The molecule has 0 aromatic heterocycles. The Morgan fingerprint density at radius 2 is 1.73 bits per heavy atom. The molecule has 0 aromatic carbocycles. The van der Waals surface area contributed by atoms with Crippen LogP contribution >= 0.6 is 0 Å². The predicted molar refractivity (Wildman–Crippen MR) is 46.9 cm³/mol. The second-order valence-corrected chi connectivity index (χ2v) is 2.05. The molecule has 0 saturated heterocycles. The van der Waals surface area contributed by atoms with Gasteiger partial charge in [0.2, 0.25) is 0 Å². The van der Waals surface area contributed by atoms with Gasteiger partial charge in [0.25, 0.3) is 0 Å². The fourth-order valence-corrected chi connectivity index (χ4v) is 0.639. The van der Waals surface area contributed by atoms with E-state index in [0.29, 0.717) is 0 Å². The van der Waals surface area contributed by atoms with Gasteiger partial charge in [0.1, 0.15) is 0 Å². The van der Waals surface area contributed by atoms with Crippen molar-refractivity contribution in [3.63, 3.8) is 0 Å². The second-order valence-electron chi connectivity index (χ2n) is 2.05. The van der Waals surface area contributed by atoms with E-state index >= 15 is 0 Å². The second kappa shape index (κ2) is 9.78. The van der Waals surface area contributed by atoms with Gasteiger partial charge in [0.05, 0.1) is 6.42 Å².